The summed E-state index contributed by atoms with van der Waals surface area (Å²) in [7, 11) is 0. The predicted molar refractivity (Wildman–Crippen MR) is 104 cm³/mol. The topological polar surface area (TPSA) is 79.4 Å². The van der Waals surface area contributed by atoms with E-state index in [1.54, 1.807) is 11.1 Å². The van der Waals surface area contributed by atoms with Crippen molar-refractivity contribution in [1.29, 1.82) is 0 Å². The molecule has 5 heterocycles. The van der Waals surface area contributed by atoms with Crippen molar-refractivity contribution in [1.82, 2.24) is 9.88 Å². The van der Waals surface area contributed by atoms with E-state index < -0.39 is 0 Å². The summed E-state index contributed by atoms with van der Waals surface area (Å²) in [5.74, 6) is 1.83. The molecule has 3 aliphatic rings. The number of amides is 1. The second-order valence-electron chi connectivity index (χ2n) is 7.28. The summed E-state index contributed by atoms with van der Waals surface area (Å²) >= 11 is 1.35. The minimum atomic E-state index is -0.205. The minimum absolute atomic E-state index is 0.0689. The Hall–Kier alpha value is -2.36. The van der Waals surface area contributed by atoms with Crippen molar-refractivity contribution in [3.05, 3.63) is 34.3 Å². The highest BCUT2D eigenvalue weighted by molar-refractivity contribution is 7.12. The maximum Gasteiger partial charge on any atom is 0.268 e. The van der Waals surface area contributed by atoms with Gasteiger partial charge in [-0.15, -0.1) is 11.3 Å². The first-order valence-electron chi connectivity index (χ1n) is 9.66. The molecule has 2 fully saturated rings. The Morgan fingerprint density at radius 1 is 1.17 bits per heavy atom. The Labute approximate surface area is 172 Å². The van der Waals surface area contributed by atoms with Gasteiger partial charge in [0, 0.05) is 24.2 Å². The van der Waals surface area contributed by atoms with Gasteiger partial charge in [0.2, 0.25) is 0 Å². The Balaban J connectivity index is 1.20. The molecule has 0 bridgehead atoms. The third-order valence-electron chi connectivity index (χ3n) is 5.18. The van der Waals surface area contributed by atoms with Gasteiger partial charge < -0.3 is 28.6 Å². The van der Waals surface area contributed by atoms with Crippen LogP contribution >= 0.6 is 11.3 Å². The molecule has 154 valence electrons. The number of carbonyl (C=O) groups excluding carboxylic acids is 1. The molecule has 0 unspecified atom stereocenters. The molecule has 2 atom stereocenters. The number of pyridine rings is 1. The fourth-order valence-corrected chi connectivity index (χ4v) is 4.57. The highest BCUT2D eigenvalue weighted by Crippen LogP contribution is 2.40. The van der Waals surface area contributed by atoms with Crippen molar-refractivity contribution in [2.24, 2.45) is 0 Å². The van der Waals surface area contributed by atoms with Gasteiger partial charge in [0.05, 0.1) is 19.4 Å². The maximum absolute atomic E-state index is 13.0. The van der Waals surface area contributed by atoms with Crippen LogP contribution in [0.5, 0.6) is 17.2 Å². The standard InChI is InChI=1S/C20H22N2O6S/c1-12-2-3-13(6-21-12)28-14-9-26-15-7-22(8-16(15)27-10-14)20(23)19-18-17(11-29-19)24-4-5-25-18/h2-3,6,11,14-16H,4-5,7-10H2,1H3/t15-,16-/m0/s1. The molecule has 2 aromatic rings. The van der Waals surface area contributed by atoms with E-state index in [0.29, 0.717) is 61.6 Å². The molecule has 0 N–H and O–H groups in total. The Morgan fingerprint density at radius 3 is 2.66 bits per heavy atom. The van der Waals surface area contributed by atoms with Crippen molar-refractivity contribution >= 4 is 17.2 Å². The number of thiophene rings is 1. The van der Waals surface area contributed by atoms with Gasteiger partial charge in [-0.25, -0.2) is 0 Å². The highest BCUT2D eigenvalue weighted by Gasteiger charge is 2.41. The van der Waals surface area contributed by atoms with E-state index in [4.69, 9.17) is 23.7 Å². The molecule has 8 nitrogen and oxygen atoms in total. The summed E-state index contributed by atoms with van der Waals surface area (Å²) < 4.78 is 29.2. The quantitative estimate of drug-likeness (QED) is 0.753. The summed E-state index contributed by atoms with van der Waals surface area (Å²) in [6.45, 7) is 4.67. The average molecular weight is 418 g/mol. The molecule has 29 heavy (non-hydrogen) atoms. The zero-order chi connectivity index (χ0) is 19.8. The van der Waals surface area contributed by atoms with E-state index in [9.17, 15) is 4.79 Å². The number of likely N-dealkylation sites (tertiary alicyclic amines) is 1. The van der Waals surface area contributed by atoms with E-state index in [2.05, 4.69) is 4.98 Å². The summed E-state index contributed by atoms with van der Waals surface area (Å²) in [6.07, 6.45) is 1.16. The molecule has 0 aromatic carbocycles. The van der Waals surface area contributed by atoms with E-state index in [1.807, 2.05) is 24.4 Å². The van der Waals surface area contributed by atoms with Gasteiger partial charge >= 0.3 is 0 Å². The van der Waals surface area contributed by atoms with Crippen LogP contribution < -0.4 is 14.2 Å². The zero-order valence-electron chi connectivity index (χ0n) is 16.0. The third kappa shape index (κ3) is 3.77. The Kier molecular flexibility index (Phi) is 5.03. The number of rotatable bonds is 3. The van der Waals surface area contributed by atoms with Crippen LogP contribution in [0.25, 0.3) is 0 Å². The lowest BCUT2D eigenvalue weighted by Crippen LogP contribution is -2.33. The summed E-state index contributed by atoms with van der Waals surface area (Å²) in [6, 6.07) is 3.80. The number of aromatic nitrogens is 1. The number of ether oxygens (including phenoxy) is 5. The minimum Gasteiger partial charge on any atom is -0.485 e. The molecule has 0 spiro atoms. The number of fused-ring (bicyclic) bond motifs is 2. The van der Waals surface area contributed by atoms with E-state index in [0.717, 1.165) is 5.69 Å². The second kappa shape index (κ2) is 7.81. The smallest absolute Gasteiger partial charge is 0.268 e. The fourth-order valence-electron chi connectivity index (χ4n) is 3.68. The first-order chi connectivity index (χ1) is 14.2. The molecule has 0 aliphatic carbocycles. The first-order valence-corrected chi connectivity index (χ1v) is 10.5. The van der Waals surface area contributed by atoms with E-state index >= 15 is 0 Å². The van der Waals surface area contributed by atoms with Gasteiger partial charge in [-0.3, -0.25) is 9.78 Å². The van der Waals surface area contributed by atoms with Gasteiger partial charge in [-0.1, -0.05) is 0 Å². The summed E-state index contributed by atoms with van der Waals surface area (Å²) in [5, 5.41) is 1.82. The van der Waals surface area contributed by atoms with Crippen LogP contribution in [-0.4, -0.2) is 73.6 Å². The molecule has 9 heteroatoms. The van der Waals surface area contributed by atoms with Gasteiger partial charge in [0.15, 0.2) is 11.5 Å². The van der Waals surface area contributed by atoms with Crippen molar-refractivity contribution in [3.63, 3.8) is 0 Å². The molecule has 0 saturated carbocycles. The van der Waals surface area contributed by atoms with Crippen molar-refractivity contribution in [2.75, 3.05) is 39.5 Å². The molecule has 1 amide bonds. The van der Waals surface area contributed by atoms with Crippen LogP contribution in [0.3, 0.4) is 0 Å². The maximum atomic E-state index is 13.0. The molecule has 0 radical (unpaired) electrons. The van der Waals surface area contributed by atoms with Crippen molar-refractivity contribution in [2.45, 2.75) is 25.2 Å². The highest BCUT2D eigenvalue weighted by atomic mass is 32.1. The summed E-state index contributed by atoms with van der Waals surface area (Å²) in [4.78, 5) is 19.6. The zero-order valence-corrected chi connectivity index (χ0v) is 16.9. The lowest BCUT2D eigenvalue weighted by atomic mass is 10.3. The number of carbonyl (C=O) groups is 1. The van der Waals surface area contributed by atoms with Crippen LogP contribution in [0, 0.1) is 6.92 Å². The van der Waals surface area contributed by atoms with Crippen molar-refractivity contribution in [3.8, 4) is 17.2 Å². The number of hydrogen-bond donors (Lipinski definition) is 0. The molecule has 2 saturated heterocycles. The van der Waals surface area contributed by atoms with Gasteiger partial charge in [0.25, 0.3) is 5.91 Å². The third-order valence-corrected chi connectivity index (χ3v) is 6.10. The number of nitrogens with zero attached hydrogens (tertiary/aromatic N) is 2. The van der Waals surface area contributed by atoms with Crippen LogP contribution in [0.15, 0.2) is 23.7 Å². The SMILES string of the molecule is Cc1ccc(OC2CO[C@H]3CN(C(=O)c4scc5c4OCCO5)C[C@@H]3OC2)cn1. The lowest BCUT2D eigenvalue weighted by Gasteiger charge is -2.20. The van der Waals surface area contributed by atoms with Gasteiger partial charge in [-0.2, -0.15) is 0 Å². The molecule has 5 rings (SSSR count). The first kappa shape index (κ1) is 18.7. The predicted octanol–water partition coefficient (Wildman–Crippen LogP) is 1.91. The van der Waals surface area contributed by atoms with Crippen LogP contribution in [0.1, 0.15) is 15.4 Å². The van der Waals surface area contributed by atoms with Crippen LogP contribution in [0.2, 0.25) is 0 Å². The average Bonchev–Trinajstić information content (AvgIpc) is 3.31. The lowest BCUT2D eigenvalue weighted by molar-refractivity contribution is -0.00461. The van der Waals surface area contributed by atoms with Gasteiger partial charge in [-0.05, 0) is 19.1 Å². The van der Waals surface area contributed by atoms with Crippen LogP contribution in [-0.2, 0) is 9.47 Å². The number of aryl methyl sites for hydroxylation is 1. The van der Waals surface area contributed by atoms with Gasteiger partial charge in [0.1, 0.15) is 42.2 Å². The largest absolute Gasteiger partial charge is 0.485 e. The molecule has 2 aromatic heterocycles. The Morgan fingerprint density at radius 2 is 1.93 bits per heavy atom. The van der Waals surface area contributed by atoms with E-state index in [1.165, 1.54) is 11.3 Å². The van der Waals surface area contributed by atoms with E-state index in [-0.39, 0.29) is 24.2 Å². The normalized spacial score (nSPS) is 24.1. The second-order valence-corrected chi connectivity index (χ2v) is 8.16. The number of hydrogen-bond acceptors (Lipinski definition) is 8. The molecular weight excluding hydrogens is 396 g/mol. The van der Waals surface area contributed by atoms with Crippen molar-refractivity contribution < 1.29 is 28.5 Å². The van der Waals surface area contributed by atoms with Crippen LogP contribution in [0.4, 0.5) is 0 Å². The molecule has 3 aliphatic heterocycles. The molecular formula is C20H22N2O6S. The monoisotopic (exact) mass is 418 g/mol. The fraction of sp³-hybridized carbons (Fsp3) is 0.500. The summed E-state index contributed by atoms with van der Waals surface area (Å²) in [5.41, 5.74) is 0.939. The Bertz CT molecular complexity index is 870.